The summed E-state index contributed by atoms with van der Waals surface area (Å²) in [6.45, 7) is 3.08. The van der Waals surface area contributed by atoms with Gasteiger partial charge in [0.05, 0.1) is 0 Å². The van der Waals surface area contributed by atoms with Gasteiger partial charge in [-0.2, -0.15) is 0 Å². The van der Waals surface area contributed by atoms with Gasteiger partial charge in [0.15, 0.2) is 15.7 Å². The summed E-state index contributed by atoms with van der Waals surface area (Å²) in [5.41, 5.74) is 1.43. The molecule has 0 fully saturated rings. The number of thiol groups is 1. The normalized spacial score (nSPS) is 10.0. The average molecular weight is 387 g/mol. The number of hydrogen-bond acceptors (Lipinski definition) is 4. The molecule has 0 heterocycles. The van der Waals surface area contributed by atoms with Gasteiger partial charge in [0.25, 0.3) is 0 Å². The number of alkyl halides is 2. The summed E-state index contributed by atoms with van der Waals surface area (Å²) < 4.78 is -0.469. The van der Waals surface area contributed by atoms with Gasteiger partial charge in [0.2, 0.25) is 0 Å². The molecule has 122 valence electrons. The number of benzene rings is 2. The molecule has 0 aliphatic carbocycles. The number of rotatable bonds is 4. The highest BCUT2D eigenvalue weighted by Crippen LogP contribution is 2.28. The van der Waals surface area contributed by atoms with E-state index in [0.717, 1.165) is 15.4 Å². The van der Waals surface area contributed by atoms with Crippen LogP contribution < -0.4 is 0 Å². The van der Waals surface area contributed by atoms with Crippen LogP contribution in [0.25, 0.3) is 0 Å². The largest absolute Gasteiger partial charge is 0.295 e. The zero-order valence-corrected chi connectivity index (χ0v) is 15.8. The molecule has 23 heavy (non-hydrogen) atoms. The first-order valence-corrected chi connectivity index (χ1v) is 8.85. The van der Waals surface area contributed by atoms with Gasteiger partial charge in [-0.3, -0.25) is 9.59 Å². The Hall–Kier alpha value is -0.940. The SMILES string of the molecule is CC(=O)c1ccc(S)cc1.CC(=O)c1ccc(SC(Cl)Cl)cc1. The van der Waals surface area contributed by atoms with Gasteiger partial charge >= 0.3 is 0 Å². The van der Waals surface area contributed by atoms with Gasteiger partial charge in [-0.15, -0.1) is 12.6 Å². The lowest BCUT2D eigenvalue weighted by molar-refractivity contribution is 0.100. The first kappa shape index (κ1) is 20.1. The smallest absolute Gasteiger partial charge is 0.159 e. The fourth-order valence-electron chi connectivity index (χ4n) is 1.57. The van der Waals surface area contributed by atoms with Gasteiger partial charge in [-0.05, 0) is 38.1 Å². The van der Waals surface area contributed by atoms with Crippen molar-refractivity contribution in [2.75, 3.05) is 0 Å². The summed E-state index contributed by atoms with van der Waals surface area (Å²) in [6.07, 6.45) is 0. The summed E-state index contributed by atoms with van der Waals surface area (Å²) in [6, 6.07) is 14.3. The zero-order chi connectivity index (χ0) is 17.4. The quantitative estimate of drug-likeness (QED) is 0.306. The molecule has 0 atom stereocenters. The van der Waals surface area contributed by atoms with Crippen molar-refractivity contribution in [3.8, 4) is 0 Å². The molecular formula is C17H16Cl2O2S2. The molecule has 0 aliphatic heterocycles. The molecule has 0 amide bonds. The highest BCUT2D eigenvalue weighted by molar-refractivity contribution is 8.02. The standard InChI is InChI=1S/C9H8Cl2OS.C8H8OS/c1-6(12)7-2-4-8(5-3-7)13-9(10)11;1-6(9)7-2-4-8(10)5-3-7/h2-5,9H,1H3;2-5,10H,1H3. The van der Waals surface area contributed by atoms with Crippen LogP contribution in [0.15, 0.2) is 58.3 Å². The maximum atomic E-state index is 10.9. The molecule has 0 N–H and O–H groups in total. The summed E-state index contributed by atoms with van der Waals surface area (Å²) in [5.74, 6) is 0.151. The van der Waals surface area contributed by atoms with Gasteiger partial charge in [-0.25, -0.2) is 0 Å². The minimum absolute atomic E-state index is 0.0600. The van der Waals surface area contributed by atoms with E-state index in [4.69, 9.17) is 23.2 Å². The van der Waals surface area contributed by atoms with Gasteiger partial charge < -0.3 is 0 Å². The van der Waals surface area contributed by atoms with Crippen molar-refractivity contribution in [1.29, 1.82) is 0 Å². The summed E-state index contributed by atoms with van der Waals surface area (Å²) >= 11 is 16.6. The van der Waals surface area contributed by atoms with Crippen LogP contribution in [0.2, 0.25) is 0 Å². The second-order valence-corrected chi connectivity index (χ2v) is 7.87. The van der Waals surface area contributed by atoms with E-state index in [1.54, 1.807) is 43.3 Å². The third-order valence-electron chi connectivity index (χ3n) is 2.76. The Morgan fingerprint density at radius 2 is 1.26 bits per heavy atom. The van der Waals surface area contributed by atoms with E-state index in [0.29, 0.717) is 5.56 Å². The Balaban J connectivity index is 0.000000238. The molecular weight excluding hydrogens is 371 g/mol. The minimum atomic E-state index is -0.469. The van der Waals surface area contributed by atoms with Crippen molar-refractivity contribution in [2.24, 2.45) is 0 Å². The van der Waals surface area contributed by atoms with E-state index in [1.807, 2.05) is 12.1 Å². The number of ketones is 2. The van der Waals surface area contributed by atoms with Crippen LogP contribution in [0.4, 0.5) is 0 Å². The number of carbonyl (C=O) groups is 2. The molecule has 0 aliphatic rings. The Morgan fingerprint density at radius 3 is 1.61 bits per heavy atom. The Labute approximate surface area is 156 Å². The van der Waals surface area contributed by atoms with E-state index in [9.17, 15) is 9.59 Å². The topological polar surface area (TPSA) is 34.1 Å². The van der Waals surface area contributed by atoms with E-state index in [2.05, 4.69) is 12.6 Å². The zero-order valence-electron chi connectivity index (χ0n) is 12.6. The van der Waals surface area contributed by atoms with Crippen LogP contribution >= 0.6 is 47.6 Å². The first-order chi connectivity index (χ1) is 10.8. The fourth-order valence-corrected chi connectivity index (χ4v) is 2.83. The molecule has 2 nitrogen and oxygen atoms in total. The van der Waals surface area contributed by atoms with Gasteiger partial charge in [0.1, 0.15) is 0 Å². The molecule has 0 saturated heterocycles. The average Bonchev–Trinajstić information content (AvgIpc) is 2.48. The fraction of sp³-hybridized carbons (Fsp3) is 0.176. The van der Waals surface area contributed by atoms with Crippen molar-refractivity contribution in [1.82, 2.24) is 0 Å². The number of thioether (sulfide) groups is 1. The minimum Gasteiger partial charge on any atom is -0.295 e. The van der Waals surface area contributed by atoms with Gasteiger partial charge in [-0.1, -0.05) is 59.2 Å². The van der Waals surface area contributed by atoms with Crippen molar-refractivity contribution >= 4 is 59.2 Å². The number of Topliss-reactive ketones (excluding diaryl/α,β-unsaturated/α-hetero) is 2. The highest BCUT2D eigenvalue weighted by Gasteiger charge is 2.03. The van der Waals surface area contributed by atoms with E-state index >= 15 is 0 Å². The lowest BCUT2D eigenvalue weighted by atomic mass is 10.2. The Morgan fingerprint density at radius 1 is 0.870 bits per heavy atom. The molecule has 0 saturated carbocycles. The number of hydrogen-bond donors (Lipinski definition) is 1. The predicted molar refractivity (Wildman–Crippen MR) is 101 cm³/mol. The summed E-state index contributed by atoms with van der Waals surface area (Å²) in [5, 5.41) is 0. The number of halogens is 2. The van der Waals surface area contributed by atoms with Gasteiger partial charge in [0, 0.05) is 20.9 Å². The van der Waals surface area contributed by atoms with Crippen LogP contribution in [-0.2, 0) is 0 Å². The summed E-state index contributed by atoms with van der Waals surface area (Å²) in [7, 11) is 0. The van der Waals surface area contributed by atoms with Crippen molar-refractivity contribution < 1.29 is 9.59 Å². The van der Waals surface area contributed by atoms with Crippen molar-refractivity contribution in [2.45, 2.75) is 27.8 Å². The Bertz CT molecular complexity index is 653. The van der Waals surface area contributed by atoms with Crippen molar-refractivity contribution in [3.05, 3.63) is 59.7 Å². The monoisotopic (exact) mass is 386 g/mol. The first-order valence-electron chi connectivity index (χ1n) is 6.65. The molecule has 0 unspecified atom stereocenters. The predicted octanol–water partition coefficient (Wildman–Crippen LogP) is 5.92. The highest BCUT2D eigenvalue weighted by atomic mass is 35.5. The summed E-state index contributed by atoms with van der Waals surface area (Å²) in [4.78, 5) is 23.5. The maximum Gasteiger partial charge on any atom is 0.159 e. The molecule has 2 aromatic rings. The van der Waals surface area contributed by atoms with E-state index < -0.39 is 4.17 Å². The molecule has 2 aromatic carbocycles. The number of carbonyl (C=O) groups excluding carboxylic acids is 2. The molecule has 2 rings (SSSR count). The molecule has 0 aromatic heterocycles. The van der Waals surface area contributed by atoms with Crippen LogP contribution in [0, 0.1) is 0 Å². The van der Waals surface area contributed by atoms with Crippen LogP contribution in [0.1, 0.15) is 34.6 Å². The molecule has 0 bridgehead atoms. The van der Waals surface area contributed by atoms with E-state index in [1.165, 1.54) is 18.7 Å². The third-order valence-corrected chi connectivity index (χ3v) is 4.32. The second kappa shape index (κ2) is 10.0. The van der Waals surface area contributed by atoms with Crippen LogP contribution in [0.3, 0.4) is 0 Å². The van der Waals surface area contributed by atoms with E-state index in [-0.39, 0.29) is 11.6 Å². The third kappa shape index (κ3) is 7.93. The lowest BCUT2D eigenvalue weighted by Crippen LogP contribution is -1.90. The molecule has 0 radical (unpaired) electrons. The lowest BCUT2D eigenvalue weighted by Gasteiger charge is -2.01. The Kier molecular flexibility index (Phi) is 8.77. The maximum absolute atomic E-state index is 10.9. The van der Waals surface area contributed by atoms with Crippen molar-refractivity contribution in [3.63, 3.8) is 0 Å². The second-order valence-electron chi connectivity index (χ2n) is 4.56. The molecule has 6 heteroatoms. The molecule has 0 spiro atoms. The van der Waals surface area contributed by atoms with Crippen LogP contribution in [0.5, 0.6) is 0 Å². The van der Waals surface area contributed by atoms with Crippen LogP contribution in [-0.4, -0.2) is 15.7 Å².